The SMILES string of the molecule is COC1CCC(=O)OC(/C=C/c2c(-c3ccc(F)cc3)nc(N(C)S(C)(=O)=O)nc2C(C)C)C1. The van der Waals surface area contributed by atoms with Crippen molar-refractivity contribution < 1.29 is 27.1 Å². The van der Waals surface area contributed by atoms with Gasteiger partial charge in [0.15, 0.2) is 0 Å². The number of halogens is 1. The van der Waals surface area contributed by atoms with Gasteiger partial charge in [-0.25, -0.2) is 27.1 Å². The molecule has 0 aliphatic carbocycles. The van der Waals surface area contributed by atoms with E-state index < -0.39 is 21.9 Å². The third-order valence-electron chi connectivity index (χ3n) is 5.67. The average molecular weight is 492 g/mol. The maximum Gasteiger partial charge on any atom is 0.306 e. The molecule has 0 bridgehead atoms. The number of rotatable bonds is 7. The van der Waals surface area contributed by atoms with Gasteiger partial charge in [0.1, 0.15) is 11.9 Å². The summed E-state index contributed by atoms with van der Waals surface area (Å²) in [5.41, 5.74) is 2.30. The first kappa shape index (κ1) is 25.8. The molecule has 1 aromatic heterocycles. The molecule has 0 amide bonds. The van der Waals surface area contributed by atoms with Crippen molar-refractivity contribution in [2.45, 2.75) is 51.2 Å². The number of cyclic esters (lactones) is 1. The topological polar surface area (TPSA) is 98.7 Å². The maximum atomic E-state index is 13.6. The van der Waals surface area contributed by atoms with Gasteiger partial charge in [-0.05, 0) is 42.7 Å². The van der Waals surface area contributed by atoms with Gasteiger partial charge in [0.2, 0.25) is 16.0 Å². The van der Waals surface area contributed by atoms with E-state index in [2.05, 4.69) is 9.97 Å². The number of benzene rings is 1. The zero-order valence-corrected chi connectivity index (χ0v) is 20.8. The number of esters is 1. The van der Waals surface area contributed by atoms with Gasteiger partial charge < -0.3 is 9.47 Å². The minimum Gasteiger partial charge on any atom is -0.458 e. The van der Waals surface area contributed by atoms with Crippen molar-refractivity contribution in [2.75, 3.05) is 24.7 Å². The van der Waals surface area contributed by atoms with Crippen LogP contribution in [-0.4, -0.2) is 57.0 Å². The van der Waals surface area contributed by atoms with Crippen molar-refractivity contribution >= 4 is 28.0 Å². The molecule has 0 radical (unpaired) electrons. The van der Waals surface area contributed by atoms with Gasteiger partial charge >= 0.3 is 5.97 Å². The van der Waals surface area contributed by atoms with Crippen LogP contribution in [0, 0.1) is 5.82 Å². The Balaban J connectivity index is 2.16. The molecule has 0 saturated carbocycles. The standard InChI is InChI=1S/C24H30FN3O5S/c1-15(2)22-20(12-10-19-14-18(32-4)11-13-21(29)33-19)23(16-6-8-17(25)9-7-16)27-24(26-22)28(3)34(5,30)31/h6-10,12,15,18-19H,11,13-14H2,1-5H3/b12-10+. The first-order valence-corrected chi connectivity index (χ1v) is 12.9. The van der Waals surface area contributed by atoms with Crippen LogP contribution in [0.4, 0.5) is 10.3 Å². The predicted octanol–water partition coefficient (Wildman–Crippen LogP) is 3.93. The number of sulfonamides is 1. The summed E-state index contributed by atoms with van der Waals surface area (Å²) in [5, 5.41) is 0. The van der Waals surface area contributed by atoms with E-state index in [-0.39, 0.29) is 30.4 Å². The van der Waals surface area contributed by atoms with Crippen molar-refractivity contribution in [3.8, 4) is 11.3 Å². The van der Waals surface area contributed by atoms with E-state index in [0.29, 0.717) is 35.4 Å². The van der Waals surface area contributed by atoms with Gasteiger partial charge in [0.25, 0.3) is 0 Å². The van der Waals surface area contributed by atoms with Crippen LogP contribution in [0.2, 0.25) is 0 Å². The second-order valence-corrected chi connectivity index (χ2v) is 10.6. The van der Waals surface area contributed by atoms with Gasteiger partial charge in [-0.15, -0.1) is 0 Å². The quantitative estimate of drug-likeness (QED) is 0.541. The van der Waals surface area contributed by atoms with Gasteiger partial charge in [0.05, 0.1) is 23.7 Å². The Morgan fingerprint density at radius 3 is 2.50 bits per heavy atom. The monoisotopic (exact) mass is 491 g/mol. The zero-order valence-electron chi connectivity index (χ0n) is 20.0. The molecule has 1 aromatic carbocycles. The minimum atomic E-state index is -3.61. The third kappa shape index (κ3) is 6.18. The van der Waals surface area contributed by atoms with Crippen LogP contribution in [0.25, 0.3) is 17.3 Å². The van der Waals surface area contributed by atoms with Crippen LogP contribution >= 0.6 is 0 Å². The Morgan fingerprint density at radius 1 is 1.24 bits per heavy atom. The molecule has 0 spiro atoms. The summed E-state index contributed by atoms with van der Waals surface area (Å²) < 4.78 is 50.0. The number of nitrogens with zero attached hydrogens (tertiary/aromatic N) is 3. The molecule has 3 rings (SSSR count). The molecule has 1 aliphatic rings. The van der Waals surface area contributed by atoms with E-state index in [0.717, 1.165) is 10.6 Å². The van der Waals surface area contributed by atoms with E-state index in [9.17, 15) is 17.6 Å². The molecule has 1 saturated heterocycles. The predicted molar refractivity (Wildman–Crippen MR) is 128 cm³/mol. The highest BCUT2D eigenvalue weighted by Gasteiger charge is 2.25. The molecule has 2 aromatic rings. The molecule has 2 heterocycles. The van der Waals surface area contributed by atoms with Crippen LogP contribution in [0.15, 0.2) is 30.3 Å². The molecule has 0 N–H and O–H groups in total. The number of carbonyl (C=O) groups is 1. The highest BCUT2D eigenvalue weighted by atomic mass is 32.2. The molecule has 2 unspecified atom stereocenters. The molecule has 10 heteroatoms. The second-order valence-electron chi connectivity index (χ2n) is 8.58. The highest BCUT2D eigenvalue weighted by Crippen LogP contribution is 2.32. The summed E-state index contributed by atoms with van der Waals surface area (Å²) in [7, 11) is -0.616. The van der Waals surface area contributed by atoms with Crippen molar-refractivity contribution in [3.63, 3.8) is 0 Å². The summed E-state index contributed by atoms with van der Waals surface area (Å²) in [6.45, 7) is 3.87. The minimum absolute atomic E-state index is 0.0167. The van der Waals surface area contributed by atoms with Crippen LogP contribution in [0.5, 0.6) is 0 Å². The van der Waals surface area contributed by atoms with Crippen LogP contribution in [0.3, 0.4) is 0 Å². The molecule has 34 heavy (non-hydrogen) atoms. The molecule has 184 valence electrons. The first-order valence-electron chi connectivity index (χ1n) is 11.0. The Labute approximate surface area is 199 Å². The Bertz CT molecular complexity index is 1170. The summed E-state index contributed by atoms with van der Waals surface area (Å²) in [6.07, 6.45) is 5.41. The lowest BCUT2D eigenvalue weighted by molar-refractivity contribution is -0.145. The largest absolute Gasteiger partial charge is 0.458 e. The number of ether oxygens (including phenoxy) is 2. The fourth-order valence-corrected chi connectivity index (χ4v) is 4.04. The molecule has 8 nitrogen and oxygen atoms in total. The zero-order chi connectivity index (χ0) is 25.0. The number of anilines is 1. The van der Waals surface area contributed by atoms with E-state index in [1.165, 1.54) is 19.2 Å². The average Bonchev–Trinajstić information content (AvgIpc) is 2.97. The number of hydrogen-bond acceptors (Lipinski definition) is 7. The smallest absolute Gasteiger partial charge is 0.306 e. The number of methoxy groups -OCH3 is 1. The van der Waals surface area contributed by atoms with E-state index >= 15 is 0 Å². The number of hydrogen-bond donors (Lipinski definition) is 0. The maximum absolute atomic E-state index is 13.6. The Morgan fingerprint density at radius 2 is 1.91 bits per heavy atom. The first-order chi connectivity index (χ1) is 16.0. The van der Waals surface area contributed by atoms with Gasteiger partial charge in [-0.2, -0.15) is 0 Å². The second kappa shape index (κ2) is 10.6. The van der Waals surface area contributed by atoms with E-state index in [1.54, 1.807) is 31.4 Å². The fraction of sp³-hybridized carbons (Fsp3) is 0.458. The summed E-state index contributed by atoms with van der Waals surface area (Å²) in [4.78, 5) is 21.1. The van der Waals surface area contributed by atoms with Crippen molar-refractivity contribution in [2.24, 2.45) is 0 Å². The molecule has 1 fully saturated rings. The van der Waals surface area contributed by atoms with Crippen molar-refractivity contribution in [1.82, 2.24) is 9.97 Å². The van der Waals surface area contributed by atoms with Gasteiger partial charge in [-0.3, -0.25) is 4.79 Å². The lowest BCUT2D eigenvalue weighted by atomic mass is 9.97. The third-order valence-corrected chi connectivity index (χ3v) is 6.82. The van der Waals surface area contributed by atoms with Crippen molar-refractivity contribution in [1.29, 1.82) is 0 Å². The number of carbonyl (C=O) groups excluding carboxylic acids is 1. The normalized spacial score (nSPS) is 19.3. The van der Waals surface area contributed by atoms with Gasteiger partial charge in [-0.1, -0.05) is 19.9 Å². The van der Waals surface area contributed by atoms with Crippen LogP contribution in [0.1, 0.15) is 50.3 Å². The highest BCUT2D eigenvalue weighted by molar-refractivity contribution is 7.92. The summed E-state index contributed by atoms with van der Waals surface area (Å²) in [6, 6.07) is 5.79. The van der Waals surface area contributed by atoms with E-state index in [4.69, 9.17) is 9.47 Å². The van der Waals surface area contributed by atoms with Crippen LogP contribution < -0.4 is 4.31 Å². The Hall–Kier alpha value is -2.85. The van der Waals surface area contributed by atoms with Crippen LogP contribution in [-0.2, 0) is 24.3 Å². The Kier molecular flexibility index (Phi) is 8.04. The lowest BCUT2D eigenvalue weighted by Crippen LogP contribution is -2.27. The molecule has 2 atom stereocenters. The summed E-state index contributed by atoms with van der Waals surface area (Å²) in [5.74, 6) is -0.762. The lowest BCUT2D eigenvalue weighted by Gasteiger charge is -2.21. The fourth-order valence-electron chi connectivity index (χ4n) is 3.66. The summed E-state index contributed by atoms with van der Waals surface area (Å²) >= 11 is 0. The van der Waals surface area contributed by atoms with Gasteiger partial charge in [0, 0.05) is 38.1 Å². The molecule has 1 aliphatic heterocycles. The molecular weight excluding hydrogens is 461 g/mol. The van der Waals surface area contributed by atoms with E-state index in [1.807, 2.05) is 13.8 Å². The van der Waals surface area contributed by atoms with Crippen molar-refractivity contribution in [3.05, 3.63) is 47.4 Å². The number of aromatic nitrogens is 2. The molecular formula is C24H30FN3O5S.